The zero-order chi connectivity index (χ0) is 17.6. The van der Waals surface area contributed by atoms with E-state index in [9.17, 15) is 4.79 Å². The molecule has 1 aliphatic carbocycles. The number of rotatable bonds is 9. The van der Waals surface area contributed by atoms with E-state index in [0.29, 0.717) is 11.6 Å². The van der Waals surface area contributed by atoms with Crippen molar-refractivity contribution in [3.63, 3.8) is 0 Å². The van der Waals surface area contributed by atoms with Crippen molar-refractivity contribution >= 4 is 11.6 Å². The van der Waals surface area contributed by atoms with E-state index in [4.69, 9.17) is 9.84 Å². The first-order valence-electron chi connectivity index (χ1n) is 8.86. The van der Waals surface area contributed by atoms with Crippen molar-refractivity contribution in [3.8, 4) is 0 Å². The highest BCUT2D eigenvalue weighted by Crippen LogP contribution is 2.44. The third-order valence-electron chi connectivity index (χ3n) is 4.86. The number of nitrogens with one attached hydrogen (secondary N) is 2. The molecule has 5 heteroatoms. The summed E-state index contributed by atoms with van der Waals surface area (Å²) in [6, 6.07) is 7.82. The number of carbonyl (C=O) groups is 1. The van der Waals surface area contributed by atoms with Gasteiger partial charge in [-0.3, -0.25) is 4.79 Å². The first-order chi connectivity index (χ1) is 11.5. The summed E-state index contributed by atoms with van der Waals surface area (Å²) in [6.07, 6.45) is 3.53. The molecule has 2 rings (SSSR count). The van der Waals surface area contributed by atoms with Gasteiger partial charge in [-0.2, -0.15) is 0 Å². The minimum atomic E-state index is -0.165. The Labute approximate surface area is 144 Å². The van der Waals surface area contributed by atoms with Crippen molar-refractivity contribution < 1.29 is 14.6 Å². The molecule has 1 aliphatic rings. The maximum Gasteiger partial charge on any atom is 0.251 e. The number of hydrogen-bond acceptors (Lipinski definition) is 4. The largest absolute Gasteiger partial charge is 0.395 e. The van der Waals surface area contributed by atoms with Crippen molar-refractivity contribution in [2.75, 3.05) is 25.1 Å². The smallest absolute Gasteiger partial charge is 0.251 e. The molecule has 1 fully saturated rings. The molecule has 0 saturated heterocycles. The number of amides is 1. The maximum atomic E-state index is 12.0. The van der Waals surface area contributed by atoms with Gasteiger partial charge >= 0.3 is 0 Å². The molecule has 1 aromatic rings. The third kappa shape index (κ3) is 4.48. The predicted molar refractivity (Wildman–Crippen MR) is 96.3 cm³/mol. The highest BCUT2D eigenvalue weighted by molar-refractivity contribution is 5.95. The lowest BCUT2D eigenvalue weighted by Crippen LogP contribution is -2.58. The Morgan fingerprint density at radius 2 is 2.21 bits per heavy atom. The van der Waals surface area contributed by atoms with Crippen LogP contribution in [0.25, 0.3) is 0 Å². The van der Waals surface area contributed by atoms with E-state index >= 15 is 0 Å². The van der Waals surface area contributed by atoms with Gasteiger partial charge in [0.2, 0.25) is 0 Å². The molecule has 0 bridgehead atoms. The summed E-state index contributed by atoms with van der Waals surface area (Å²) in [7, 11) is 0. The lowest BCUT2D eigenvalue weighted by atomic mass is 9.64. The van der Waals surface area contributed by atoms with Crippen LogP contribution in [0.15, 0.2) is 24.3 Å². The number of aliphatic hydroxyl groups is 1. The predicted octanol–water partition coefficient (Wildman–Crippen LogP) is 2.80. The number of aliphatic hydroxyl groups excluding tert-OH is 1. The molecular weight excluding hydrogens is 304 g/mol. The Balaban J connectivity index is 1.91. The second-order valence-electron chi connectivity index (χ2n) is 7.03. The Hall–Kier alpha value is -1.59. The highest BCUT2D eigenvalue weighted by Gasteiger charge is 2.48. The van der Waals surface area contributed by atoms with Crippen LogP contribution in [-0.2, 0) is 4.74 Å². The number of carbonyl (C=O) groups excluding carboxylic acids is 1. The van der Waals surface area contributed by atoms with Gasteiger partial charge in [0.05, 0.1) is 12.7 Å². The van der Waals surface area contributed by atoms with Crippen LogP contribution < -0.4 is 10.6 Å². The SMILES string of the molecule is CCCCOC1CC(Nc2cccc(C(=O)NCCO)c2)C1(C)C. The van der Waals surface area contributed by atoms with E-state index < -0.39 is 0 Å². The number of unbranched alkanes of at least 4 members (excludes halogenated alkanes) is 1. The molecule has 134 valence electrons. The number of benzene rings is 1. The van der Waals surface area contributed by atoms with Crippen molar-refractivity contribution in [1.82, 2.24) is 5.32 Å². The topological polar surface area (TPSA) is 70.6 Å². The number of ether oxygens (including phenoxy) is 1. The quantitative estimate of drug-likeness (QED) is 0.607. The second kappa shape index (κ2) is 8.49. The van der Waals surface area contributed by atoms with E-state index in [1.807, 2.05) is 18.2 Å². The molecule has 3 N–H and O–H groups in total. The molecule has 2 unspecified atom stereocenters. The molecule has 0 aromatic heterocycles. The Kier molecular flexibility index (Phi) is 6.63. The fraction of sp³-hybridized carbons (Fsp3) is 0.632. The first-order valence-corrected chi connectivity index (χ1v) is 8.86. The fourth-order valence-corrected chi connectivity index (χ4v) is 3.01. The summed E-state index contributed by atoms with van der Waals surface area (Å²) in [5, 5.41) is 15.0. The molecule has 1 saturated carbocycles. The van der Waals surface area contributed by atoms with Crippen LogP contribution in [0, 0.1) is 5.41 Å². The zero-order valence-electron chi connectivity index (χ0n) is 15.0. The van der Waals surface area contributed by atoms with E-state index in [1.54, 1.807) is 6.07 Å². The Morgan fingerprint density at radius 3 is 2.88 bits per heavy atom. The second-order valence-corrected chi connectivity index (χ2v) is 7.03. The van der Waals surface area contributed by atoms with Crippen LogP contribution in [0.3, 0.4) is 0 Å². The van der Waals surface area contributed by atoms with E-state index in [1.165, 1.54) is 0 Å². The Bertz CT molecular complexity index is 545. The molecule has 1 aromatic carbocycles. The normalized spacial score (nSPS) is 21.8. The van der Waals surface area contributed by atoms with E-state index in [0.717, 1.165) is 31.6 Å². The minimum Gasteiger partial charge on any atom is -0.395 e. The van der Waals surface area contributed by atoms with Crippen LogP contribution in [0.2, 0.25) is 0 Å². The van der Waals surface area contributed by atoms with E-state index in [-0.39, 0.29) is 30.6 Å². The van der Waals surface area contributed by atoms with Gasteiger partial charge in [-0.15, -0.1) is 0 Å². The molecule has 0 spiro atoms. The molecule has 0 heterocycles. The summed E-state index contributed by atoms with van der Waals surface area (Å²) < 4.78 is 5.98. The zero-order valence-corrected chi connectivity index (χ0v) is 15.0. The van der Waals surface area contributed by atoms with Crippen molar-refractivity contribution in [2.24, 2.45) is 5.41 Å². The highest BCUT2D eigenvalue weighted by atomic mass is 16.5. The number of anilines is 1. The lowest BCUT2D eigenvalue weighted by molar-refractivity contribution is -0.102. The summed E-state index contributed by atoms with van der Waals surface area (Å²) in [5.41, 5.74) is 1.61. The van der Waals surface area contributed by atoms with Crippen LogP contribution in [0.4, 0.5) is 5.69 Å². The van der Waals surface area contributed by atoms with Crippen LogP contribution in [0.1, 0.15) is 50.4 Å². The van der Waals surface area contributed by atoms with Crippen molar-refractivity contribution in [3.05, 3.63) is 29.8 Å². The summed E-state index contributed by atoms with van der Waals surface area (Å²) in [5.74, 6) is -0.165. The van der Waals surface area contributed by atoms with Gasteiger partial charge in [-0.25, -0.2) is 0 Å². The minimum absolute atomic E-state index is 0.0562. The van der Waals surface area contributed by atoms with Gasteiger partial charge in [0.1, 0.15) is 0 Å². The van der Waals surface area contributed by atoms with E-state index in [2.05, 4.69) is 31.4 Å². The van der Waals surface area contributed by atoms with Crippen LogP contribution >= 0.6 is 0 Å². The average molecular weight is 334 g/mol. The van der Waals surface area contributed by atoms with Gasteiger partial charge < -0.3 is 20.5 Å². The monoisotopic (exact) mass is 334 g/mol. The van der Waals surface area contributed by atoms with Crippen molar-refractivity contribution in [2.45, 2.75) is 52.2 Å². The Morgan fingerprint density at radius 1 is 1.42 bits per heavy atom. The molecule has 0 radical (unpaired) electrons. The standard InChI is InChI=1S/C19H30N2O3/c1-4-5-11-24-17-13-16(19(17,2)3)21-15-8-6-7-14(12-15)18(23)20-9-10-22/h6-8,12,16-17,21-22H,4-5,9-11,13H2,1-3H3,(H,20,23). The maximum absolute atomic E-state index is 12.0. The number of hydrogen-bond donors (Lipinski definition) is 3. The third-order valence-corrected chi connectivity index (χ3v) is 4.86. The molecule has 5 nitrogen and oxygen atoms in total. The van der Waals surface area contributed by atoms with Gasteiger partial charge in [0, 0.05) is 35.9 Å². The summed E-state index contributed by atoms with van der Waals surface area (Å²) in [6.45, 7) is 7.66. The van der Waals surface area contributed by atoms with Gasteiger partial charge in [-0.05, 0) is 31.0 Å². The average Bonchev–Trinajstić information content (AvgIpc) is 2.58. The summed E-state index contributed by atoms with van der Waals surface area (Å²) >= 11 is 0. The molecule has 0 aliphatic heterocycles. The van der Waals surface area contributed by atoms with Gasteiger partial charge in [0.15, 0.2) is 0 Å². The molecule has 24 heavy (non-hydrogen) atoms. The summed E-state index contributed by atoms with van der Waals surface area (Å²) in [4.78, 5) is 12.0. The van der Waals surface area contributed by atoms with Crippen LogP contribution in [-0.4, -0.2) is 42.9 Å². The lowest BCUT2D eigenvalue weighted by Gasteiger charge is -2.52. The van der Waals surface area contributed by atoms with Crippen molar-refractivity contribution in [1.29, 1.82) is 0 Å². The van der Waals surface area contributed by atoms with Crippen LogP contribution in [0.5, 0.6) is 0 Å². The van der Waals surface area contributed by atoms with Gasteiger partial charge in [0.25, 0.3) is 5.91 Å². The van der Waals surface area contributed by atoms with Gasteiger partial charge in [-0.1, -0.05) is 33.3 Å². The molecule has 1 amide bonds. The fourth-order valence-electron chi connectivity index (χ4n) is 3.01. The first kappa shape index (κ1) is 18.7. The molecule has 2 atom stereocenters. The molecular formula is C19H30N2O3.